The first kappa shape index (κ1) is 30.5. The molecule has 0 unspecified atom stereocenters. The van der Waals surface area contributed by atoms with E-state index < -0.39 is 28.5 Å². The quantitative estimate of drug-likeness (QED) is 0.313. The molecule has 0 heterocycles. The summed E-state index contributed by atoms with van der Waals surface area (Å²) in [6.45, 7) is 3.91. The van der Waals surface area contributed by atoms with Crippen LogP contribution in [0.5, 0.6) is 0 Å². The second kappa shape index (κ2) is 13.8. The van der Waals surface area contributed by atoms with Gasteiger partial charge in [-0.1, -0.05) is 84.7 Å². The fourth-order valence-electron chi connectivity index (χ4n) is 4.19. The monoisotopic (exact) mass is 589 g/mol. The molecule has 0 bridgehead atoms. The van der Waals surface area contributed by atoms with Crippen LogP contribution in [0.2, 0.25) is 10.0 Å². The summed E-state index contributed by atoms with van der Waals surface area (Å²) in [5.41, 5.74) is 2.83. The van der Waals surface area contributed by atoms with E-state index in [1.165, 1.54) is 23.1 Å². The molecule has 0 saturated carbocycles. The van der Waals surface area contributed by atoms with Gasteiger partial charge in [-0.3, -0.25) is 13.9 Å². The van der Waals surface area contributed by atoms with E-state index in [1.807, 2.05) is 68.4 Å². The average Bonchev–Trinajstić information content (AvgIpc) is 2.88. The number of hydrogen-bond acceptors (Lipinski definition) is 4. The van der Waals surface area contributed by atoms with Gasteiger partial charge in [-0.05, 0) is 48.2 Å². The Morgan fingerprint density at radius 1 is 0.949 bits per heavy atom. The molecule has 0 aliphatic rings. The number of anilines is 1. The maximum Gasteiger partial charge on any atom is 0.244 e. The number of aryl methyl sites for hydroxylation is 1. The minimum Gasteiger partial charge on any atom is -0.354 e. The third-order valence-corrected chi connectivity index (χ3v) is 7.81. The third-order valence-electron chi connectivity index (χ3n) is 6.24. The van der Waals surface area contributed by atoms with Crippen molar-refractivity contribution in [3.05, 3.63) is 99.5 Å². The zero-order chi connectivity index (χ0) is 28.6. The summed E-state index contributed by atoms with van der Waals surface area (Å²) in [4.78, 5) is 29.0. The predicted octanol–water partition coefficient (Wildman–Crippen LogP) is 5.23. The molecule has 3 aromatic carbocycles. The first-order chi connectivity index (χ1) is 18.5. The van der Waals surface area contributed by atoms with Gasteiger partial charge in [-0.15, -0.1) is 0 Å². The number of carbonyl (C=O) groups is 2. The molecule has 0 aromatic heterocycles. The topological polar surface area (TPSA) is 86.8 Å². The molecular weight excluding hydrogens is 557 g/mol. The van der Waals surface area contributed by atoms with Gasteiger partial charge in [0.15, 0.2) is 0 Å². The number of halogens is 2. The molecule has 10 heteroatoms. The molecular formula is C29H33Cl2N3O4S. The summed E-state index contributed by atoms with van der Waals surface area (Å²) < 4.78 is 26.7. The maximum absolute atomic E-state index is 14.0. The fraction of sp³-hybridized carbons (Fsp3) is 0.310. The predicted molar refractivity (Wildman–Crippen MR) is 158 cm³/mol. The van der Waals surface area contributed by atoms with Gasteiger partial charge in [-0.2, -0.15) is 0 Å². The lowest BCUT2D eigenvalue weighted by molar-refractivity contribution is -0.140. The maximum atomic E-state index is 14.0. The van der Waals surface area contributed by atoms with Crippen LogP contribution in [0.15, 0.2) is 72.8 Å². The van der Waals surface area contributed by atoms with Crippen LogP contribution < -0.4 is 9.62 Å². The molecule has 0 fully saturated rings. The summed E-state index contributed by atoms with van der Waals surface area (Å²) in [7, 11) is -3.91. The molecule has 3 aromatic rings. The number of benzene rings is 3. The minimum atomic E-state index is -3.91. The van der Waals surface area contributed by atoms with E-state index in [1.54, 1.807) is 0 Å². The first-order valence-corrected chi connectivity index (χ1v) is 15.2. The van der Waals surface area contributed by atoms with Gasteiger partial charge >= 0.3 is 0 Å². The molecule has 0 radical (unpaired) electrons. The van der Waals surface area contributed by atoms with Crippen molar-refractivity contribution < 1.29 is 18.0 Å². The lowest BCUT2D eigenvalue weighted by atomic mass is 10.0. The zero-order valence-corrected chi connectivity index (χ0v) is 24.6. The molecule has 2 amide bonds. The van der Waals surface area contributed by atoms with Crippen LogP contribution in [0.4, 0.5) is 5.69 Å². The highest BCUT2D eigenvalue weighted by Gasteiger charge is 2.33. The van der Waals surface area contributed by atoms with Crippen LogP contribution in [0, 0.1) is 6.92 Å². The molecule has 208 valence electrons. The highest BCUT2D eigenvalue weighted by atomic mass is 35.5. The second-order valence-corrected chi connectivity index (χ2v) is 12.1. The molecule has 0 saturated heterocycles. The summed E-state index contributed by atoms with van der Waals surface area (Å²) in [6.07, 6.45) is 2.00. The number of sulfonamides is 1. The van der Waals surface area contributed by atoms with Crippen LogP contribution in [0.3, 0.4) is 0 Å². The summed E-state index contributed by atoms with van der Waals surface area (Å²) >= 11 is 12.3. The fourth-order valence-corrected chi connectivity index (χ4v) is 5.54. The Kier molecular flexibility index (Phi) is 10.8. The lowest BCUT2D eigenvalue weighted by Gasteiger charge is -2.34. The number of carbonyl (C=O) groups excluding carboxylic acids is 2. The largest absolute Gasteiger partial charge is 0.354 e. The smallest absolute Gasteiger partial charge is 0.244 e. The van der Waals surface area contributed by atoms with Crippen molar-refractivity contribution in [2.24, 2.45) is 0 Å². The number of amides is 2. The number of nitrogens with one attached hydrogen (secondary N) is 1. The minimum absolute atomic E-state index is 0.121. The molecule has 39 heavy (non-hydrogen) atoms. The van der Waals surface area contributed by atoms with Gasteiger partial charge < -0.3 is 10.2 Å². The molecule has 0 aliphatic heterocycles. The number of hydrogen-bond donors (Lipinski definition) is 1. The second-order valence-electron chi connectivity index (χ2n) is 9.34. The van der Waals surface area contributed by atoms with Crippen molar-refractivity contribution in [2.75, 3.05) is 23.7 Å². The van der Waals surface area contributed by atoms with E-state index in [2.05, 4.69) is 5.32 Å². The highest BCUT2D eigenvalue weighted by Crippen LogP contribution is 2.27. The van der Waals surface area contributed by atoms with Crippen molar-refractivity contribution in [3.8, 4) is 0 Å². The molecule has 7 nitrogen and oxygen atoms in total. The Morgan fingerprint density at radius 3 is 2.15 bits per heavy atom. The van der Waals surface area contributed by atoms with E-state index in [4.69, 9.17) is 23.2 Å². The lowest BCUT2D eigenvalue weighted by Crippen LogP contribution is -2.53. The Labute approximate surface area is 240 Å². The standard InChI is InChI=1S/C29H33Cl2N3O4S/c1-4-14-32-29(36)27(15-22-11-6-5-7-12-22)33(19-23-13-9-8-10-21(23)2)28(35)20-34(39(3,37)38)26-17-24(30)16-25(31)18-26/h5-13,16-18,27H,4,14-15,19-20H2,1-3H3,(H,32,36)/t27-/m0/s1. The van der Waals surface area contributed by atoms with Crippen molar-refractivity contribution in [3.63, 3.8) is 0 Å². The number of rotatable bonds is 12. The van der Waals surface area contributed by atoms with Crippen LogP contribution in [-0.2, 0) is 32.6 Å². The van der Waals surface area contributed by atoms with Gasteiger partial charge in [0.05, 0.1) is 11.9 Å². The summed E-state index contributed by atoms with van der Waals surface area (Å²) in [5.74, 6) is -0.841. The Bertz CT molecular complexity index is 1380. The van der Waals surface area contributed by atoms with E-state index in [-0.39, 0.29) is 34.6 Å². The highest BCUT2D eigenvalue weighted by molar-refractivity contribution is 7.92. The Balaban J connectivity index is 2.07. The van der Waals surface area contributed by atoms with Gasteiger partial charge in [0.25, 0.3) is 0 Å². The molecule has 0 aliphatic carbocycles. The van der Waals surface area contributed by atoms with Crippen LogP contribution in [0.25, 0.3) is 0 Å². The van der Waals surface area contributed by atoms with Gasteiger partial charge in [0.1, 0.15) is 12.6 Å². The molecule has 0 spiro atoms. The van der Waals surface area contributed by atoms with Gasteiger partial charge in [0.2, 0.25) is 21.8 Å². The number of nitrogens with zero attached hydrogens (tertiary/aromatic N) is 2. The molecule has 1 atom stereocenters. The van der Waals surface area contributed by atoms with Crippen LogP contribution in [0.1, 0.15) is 30.0 Å². The normalized spacial score (nSPS) is 12.0. The Hall–Kier alpha value is -3.07. The van der Waals surface area contributed by atoms with Crippen LogP contribution in [-0.4, -0.2) is 50.5 Å². The van der Waals surface area contributed by atoms with Gasteiger partial charge in [-0.25, -0.2) is 8.42 Å². The zero-order valence-electron chi connectivity index (χ0n) is 22.2. The SMILES string of the molecule is CCCNC(=O)[C@H](Cc1ccccc1)N(Cc1ccccc1C)C(=O)CN(c1cc(Cl)cc(Cl)c1)S(C)(=O)=O. The van der Waals surface area contributed by atoms with Crippen molar-refractivity contribution in [1.29, 1.82) is 0 Å². The van der Waals surface area contributed by atoms with E-state index in [0.717, 1.165) is 33.7 Å². The summed E-state index contributed by atoms with van der Waals surface area (Å²) in [5, 5.41) is 3.38. The van der Waals surface area contributed by atoms with E-state index in [9.17, 15) is 18.0 Å². The first-order valence-electron chi connectivity index (χ1n) is 12.6. The molecule has 1 N–H and O–H groups in total. The average molecular weight is 591 g/mol. The third kappa shape index (κ3) is 8.71. The Morgan fingerprint density at radius 2 is 1.56 bits per heavy atom. The van der Waals surface area contributed by atoms with E-state index in [0.29, 0.717) is 6.54 Å². The van der Waals surface area contributed by atoms with Crippen molar-refractivity contribution in [2.45, 2.75) is 39.3 Å². The van der Waals surface area contributed by atoms with E-state index >= 15 is 0 Å². The molecule has 3 rings (SSSR count). The van der Waals surface area contributed by atoms with Crippen molar-refractivity contribution >= 4 is 50.7 Å². The summed E-state index contributed by atoms with van der Waals surface area (Å²) in [6, 6.07) is 20.5. The van der Waals surface area contributed by atoms with Crippen LogP contribution >= 0.6 is 23.2 Å². The van der Waals surface area contributed by atoms with Gasteiger partial charge in [0, 0.05) is 29.6 Å². The van der Waals surface area contributed by atoms with Crippen molar-refractivity contribution in [1.82, 2.24) is 10.2 Å².